The van der Waals surface area contributed by atoms with E-state index < -0.39 is 6.04 Å². The average molecular weight is 230 g/mol. The van der Waals surface area contributed by atoms with Gasteiger partial charge in [0.2, 0.25) is 0 Å². The second-order valence-electron chi connectivity index (χ2n) is 4.22. The molecule has 2 N–H and O–H groups in total. The van der Waals surface area contributed by atoms with Gasteiger partial charge in [0.1, 0.15) is 6.04 Å². The highest BCUT2D eigenvalue weighted by atomic mass is 16.5. The molecule has 0 fully saturated rings. The van der Waals surface area contributed by atoms with Gasteiger partial charge in [0.25, 0.3) is 0 Å². The molecule has 4 nitrogen and oxygen atoms in total. The summed E-state index contributed by atoms with van der Waals surface area (Å²) in [4.78, 5) is 13.6. The maximum atomic E-state index is 11.4. The number of hydrogen-bond donors (Lipinski definition) is 1. The smallest absolute Gasteiger partial charge is 0.324 e. The van der Waals surface area contributed by atoms with Crippen molar-refractivity contribution in [2.45, 2.75) is 40.2 Å². The molecule has 0 aliphatic carbocycles. The van der Waals surface area contributed by atoms with E-state index in [2.05, 4.69) is 25.7 Å². The van der Waals surface area contributed by atoms with E-state index in [1.807, 2.05) is 0 Å². The number of esters is 1. The minimum absolute atomic E-state index is 0.301. The second-order valence-corrected chi connectivity index (χ2v) is 4.22. The third kappa shape index (κ3) is 6.08. The first kappa shape index (κ1) is 15.4. The Morgan fingerprint density at radius 1 is 1.31 bits per heavy atom. The summed E-state index contributed by atoms with van der Waals surface area (Å²) in [5, 5.41) is 0. The predicted octanol–water partition coefficient (Wildman–Crippen LogP) is 1.24. The molecule has 2 atom stereocenters. The molecule has 4 heteroatoms. The molecule has 0 aromatic rings. The van der Waals surface area contributed by atoms with Crippen LogP contribution in [-0.2, 0) is 9.53 Å². The molecule has 0 amide bonds. The Bertz CT molecular complexity index is 197. The zero-order chi connectivity index (χ0) is 12.6. The molecule has 0 radical (unpaired) electrons. The molecule has 0 saturated heterocycles. The van der Waals surface area contributed by atoms with Crippen LogP contribution in [0.5, 0.6) is 0 Å². The Morgan fingerprint density at radius 3 is 2.38 bits per heavy atom. The van der Waals surface area contributed by atoms with Crippen LogP contribution in [0.15, 0.2) is 0 Å². The summed E-state index contributed by atoms with van der Waals surface area (Å²) in [5.74, 6) is 0.333. The molecule has 0 bridgehead atoms. The minimum atomic E-state index is -0.524. The predicted molar refractivity (Wildman–Crippen MR) is 66.2 cm³/mol. The van der Waals surface area contributed by atoms with Crippen molar-refractivity contribution in [3.8, 4) is 0 Å². The van der Waals surface area contributed by atoms with Crippen LogP contribution >= 0.6 is 0 Å². The van der Waals surface area contributed by atoms with Crippen molar-refractivity contribution < 1.29 is 9.53 Å². The molecular formula is C12H26N2O2. The van der Waals surface area contributed by atoms with Crippen LogP contribution in [0.3, 0.4) is 0 Å². The second kappa shape index (κ2) is 8.53. The van der Waals surface area contributed by atoms with Gasteiger partial charge in [-0.2, -0.15) is 0 Å². The highest BCUT2D eigenvalue weighted by molar-refractivity contribution is 5.75. The molecule has 0 saturated carbocycles. The monoisotopic (exact) mass is 230 g/mol. The van der Waals surface area contributed by atoms with Crippen molar-refractivity contribution in [1.29, 1.82) is 0 Å². The third-order valence-corrected chi connectivity index (χ3v) is 2.76. The molecule has 0 aliphatic rings. The van der Waals surface area contributed by atoms with E-state index in [4.69, 9.17) is 10.5 Å². The lowest BCUT2D eigenvalue weighted by atomic mass is 10.1. The van der Waals surface area contributed by atoms with Crippen LogP contribution in [-0.4, -0.2) is 43.2 Å². The van der Waals surface area contributed by atoms with Gasteiger partial charge in [-0.1, -0.05) is 27.2 Å². The van der Waals surface area contributed by atoms with Crippen LogP contribution in [0, 0.1) is 5.92 Å². The minimum Gasteiger partial charge on any atom is -0.465 e. The van der Waals surface area contributed by atoms with E-state index in [-0.39, 0.29) is 5.97 Å². The van der Waals surface area contributed by atoms with Gasteiger partial charge in [0, 0.05) is 13.1 Å². The van der Waals surface area contributed by atoms with Crippen molar-refractivity contribution in [2.75, 3.05) is 26.2 Å². The number of ether oxygens (including phenoxy) is 1. The third-order valence-electron chi connectivity index (χ3n) is 2.76. The standard InChI is InChI=1S/C12H26N2O2/c1-5-10(4)8-14(6-2)9-11(13)12(15)16-7-3/h10-11H,5-9,13H2,1-4H3. The number of carbonyl (C=O) groups excluding carboxylic acids is 1. The Morgan fingerprint density at radius 2 is 1.94 bits per heavy atom. The molecule has 0 aliphatic heterocycles. The van der Waals surface area contributed by atoms with Crippen molar-refractivity contribution in [2.24, 2.45) is 11.7 Å². The lowest BCUT2D eigenvalue weighted by Gasteiger charge is -2.25. The van der Waals surface area contributed by atoms with Crippen molar-refractivity contribution in [1.82, 2.24) is 4.90 Å². The van der Waals surface area contributed by atoms with Crippen molar-refractivity contribution >= 4 is 5.97 Å². The number of nitrogens with zero attached hydrogens (tertiary/aromatic N) is 1. The van der Waals surface area contributed by atoms with Gasteiger partial charge in [0.15, 0.2) is 0 Å². The van der Waals surface area contributed by atoms with Gasteiger partial charge in [0.05, 0.1) is 6.61 Å². The average Bonchev–Trinajstić information content (AvgIpc) is 2.27. The quantitative estimate of drug-likeness (QED) is 0.638. The summed E-state index contributed by atoms with van der Waals surface area (Å²) in [7, 11) is 0. The van der Waals surface area contributed by atoms with Gasteiger partial charge in [-0.05, 0) is 19.4 Å². The first-order chi connectivity index (χ1) is 7.54. The molecule has 96 valence electrons. The normalized spacial score (nSPS) is 14.9. The number of carbonyl (C=O) groups is 1. The fourth-order valence-corrected chi connectivity index (χ4v) is 1.50. The number of hydrogen-bond acceptors (Lipinski definition) is 4. The Balaban J connectivity index is 4.05. The van der Waals surface area contributed by atoms with Crippen LogP contribution in [0.25, 0.3) is 0 Å². The highest BCUT2D eigenvalue weighted by Gasteiger charge is 2.18. The maximum Gasteiger partial charge on any atom is 0.324 e. The van der Waals surface area contributed by atoms with E-state index in [0.717, 1.165) is 19.5 Å². The molecule has 16 heavy (non-hydrogen) atoms. The maximum absolute atomic E-state index is 11.4. The van der Waals surface area contributed by atoms with Gasteiger partial charge < -0.3 is 15.4 Å². The summed E-state index contributed by atoms with van der Waals surface area (Å²) in [6.45, 7) is 11.1. The zero-order valence-corrected chi connectivity index (χ0v) is 11.0. The summed E-state index contributed by atoms with van der Waals surface area (Å²) in [6, 6.07) is -0.524. The largest absolute Gasteiger partial charge is 0.465 e. The number of nitrogens with two attached hydrogens (primary N) is 1. The fraction of sp³-hybridized carbons (Fsp3) is 0.917. The van der Waals surface area contributed by atoms with Crippen LogP contribution in [0.1, 0.15) is 34.1 Å². The topological polar surface area (TPSA) is 55.6 Å². The Kier molecular flexibility index (Phi) is 8.21. The van der Waals surface area contributed by atoms with Gasteiger partial charge in [-0.3, -0.25) is 4.79 Å². The summed E-state index contributed by atoms with van der Waals surface area (Å²) in [5.41, 5.74) is 5.78. The van der Waals surface area contributed by atoms with E-state index >= 15 is 0 Å². The van der Waals surface area contributed by atoms with Crippen LogP contribution < -0.4 is 5.73 Å². The number of rotatable bonds is 8. The first-order valence-electron chi connectivity index (χ1n) is 6.19. The molecule has 0 aromatic carbocycles. The van der Waals surface area contributed by atoms with Crippen molar-refractivity contribution in [3.05, 3.63) is 0 Å². The van der Waals surface area contributed by atoms with Gasteiger partial charge >= 0.3 is 5.97 Å². The summed E-state index contributed by atoms with van der Waals surface area (Å²) < 4.78 is 4.89. The molecule has 0 aromatic heterocycles. The van der Waals surface area contributed by atoms with E-state index in [1.54, 1.807) is 6.92 Å². The fourth-order valence-electron chi connectivity index (χ4n) is 1.50. The van der Waals surface area contributed by atoms with Gasteiger partial charge in [-0.25, -0.2) is 0 Å². The first-order valence-corrected chi connectivity index (χ1v) is 6.19. The van der Waals surface area contributed by atoms with E-state index in [0.29, 0.717) is 19.1 Å². The lowest BCUT2D eigenvalue weighted by Crippen LogP contribution is -2.44. The lowest BCUT2D eigenvalue weighted by molar-refractivity contribution is -0.145. The molecule has 0 heterocycles. The molecule has 0 rings (SSSR count). The molecular weight excluding hydrogens is 204 g/mol. The Labute approximate surface area is 99.1 Å². The SMILES string of the molecule is CCOC(=O)C(N)CN(CC)CC(C)CC. The number of likely N-dealkylation sites (N-methyl/N-ethyl adjacent to an activating group) is 1. The molecule has 0 spiro atoms. The Hall–Kier alpha value is -0.610. The van der Waals surface area contributed by atoms with Crippen molar-refractivity contribution in [3.63, 3.8) is 0 Å². The summed E-state index contributed by atoms with van der Waals surface area (Å²) in [6.07, 6.45) is 1.14. The van der Waals surface area contributed by atoms with E-state index in [9.17, 15) is 4.79 Å². The summed E-state index contributed by atoms with van der Waals surface area (Å²) >= 11 is 0. The zero-order valence-electron chi connectivity index (χ0n) is 11.0. The van der Waals surface area contributed by atoms with Gasteiger partial charge in [-0.15, -0.1) is 0 Å². The van der Waals surface area contributed by atoms with E-state index in [1.165, 1.54) is 0 Å². The van der Waals surface area contributed by atoms with Crippen LogP contribution in [0.4, 0.5) is 0 Å². The molecule has 2 unspecified atom stereocenters. The highest BCUT2D eigenvalue weighted by Crippen LogP contribution is 2.04. The van der Waals surface area contributed by atoms with Crippen LogP contribution in [0.2, 0.25) is 0 Å².